The van der Waals surface area contributed by atoms with E-state index in [4.69, 9.17) is 9.72 Å². The normalized spacial score (nSPS) is 16.4. The minimum atomic E-state index is -2.90. The molecule has 0 bridgehead atoms. The van der Waals surface area contributed by atoms with Gasteiger partial charge in [-0.05, 0) is 63.5 Å². The number of benzene rings is 1. The molecule has 0 aliphatic heterocycles. The van der Waals surface area contributed by atoms with Crippen molar-refractivity contribution in [2.45, 2.75) is 52.2 Å². The molecule has 2 aromatic heterocycles. The van der Waals surface area contributed by atoms with E-state index in [0.29, 0.717) is 52.1 Å². The van der Waals surface area contributed by atoms with E-state index in [0.717, 1.165) is 5.82 Å². The molecule has 0 amide bonds. The Labute approximate surface area is 178 Å². The molecule has 0 unspecified atom stereocenters. The van der Waals surface area contributed by atoms with Crippen LogP contribution in [0.2, 0.25) is 0 Å². The Kier molecular flexibility index (Phi) is 4.91. The highest BCUT2D eigenvalue weighted by atomic mass is 19.3. The van der Waals surface area contributed by atoms with Crippen LogP contribution in [-0.2, 0) is 0 Å². The Morgan fingerprint density at radius 1 is 1.06 bits per heavy atom. The quantitative estimate of drug-likeness (QED) is 0.562. The number of hydrogen-bond donors (Lipinski definition) is 1. The molecule has 0 atom stereocenters. The lowest BCUT2D eigenvalue weighted by molar-refractivity contribution is -0.0499. The van der Waals surface area contributed by atoms with Crippen molar-refractivity contribution in [2.75, 3.05) is 12.4 Å². The smallest absolute Gasteiger partial charge is 0.387 e. The minimum Gasteiger partial charge on any atom is -0.494 e. The van der Waals surface area contributed by atoms with Gasteiger partial charge in [0.15, 0.2) is 17.0 Å². The largest absolute Gasteiger partial charge is 0.494 e. The molecular weight excluding hydrogens is 404 g/mol. The zero-order valence-corrected chi connectivity index (χ0v) is 17.7. The number of halogens is 2. The van der Waals surface area contributed by atoms with Crippen LogP contribution in [0, 0.1) is 25.7 Å². The number of hydrogen-bond acceptors (Lipinski definition) is 6. The number of anilines is 1. The molecule has 31 heavy (non-hydrogen) atoms. The van der Waals surface area contributed by atoms with Gasteiger partial charge in [-0.1, -0.05) is 0 Å². The number of methoxy groups -OCH3 is 1. The maximum absolute atomic E-state index is 12.6. The molecule has 2 saturated carbocycles. The molecule has 5 rings (SSSR count). The molecule has 2 aliphatic carbocycles. The highest BCUT2D eigenvalue weighted by molar-refractivity contribution is 5.85. The maximum Gasteiger partial charge on any atom is 0.387 e. The Morgan fingerprint density at radius 2 is 1.77 bits per heavy atom. The molecular formula is C22H25F2N5O2. The first kappa shape index (κ1) is 20.0. The number of fused-ring (bicyclic) bond motifs is 1. The van der Waals surface area contributed by atoms with E-state index in [1.165, 1.54) is 44.9 Å². The Balaban J connectivity index is 1.59. The third-order valence-corrected chi connectivity index (χ3v) is 5.97. The van der Waals surface area contributed by atoms with Gasteiger partial charge in [0.05, 0.1) is 12.8 Å². The van der Waals surface area contributed by atoms with Gasteiger partial charge in [-0.3, -0.25) is 4.57 Å². The van der Waals surface area contributed by atoms with Gasteiger partial charge in [0, 0.05) is 12.1 Å². The van der Waals surface area contributed by atoms with Crippen LogP contribution in [0.3, 0.4) is 0 Å². The summed E-state index contributed by atoms with van der Waals surface area (Å²) in [5, 5.41) is 3.68. The molecule has 1 N–H and O–H groups in total. The van der Waals surface area contributed by atoms with E-state index in [9.17, 15) is 8.78 Å². The minimum absolute atomic E-state index is 0.0301. The van der Waals surface area contributed by atoms with Crippen molar-refractivity contribution in [1.82, 2.24) is 19.5 Å². The summed E-state index contributed by atoms with van der Waals surface area (Å²) < 4.78 is 37.1. The van der Waals surface area contributed by atoms with Crippen LogP contribution in [-0.4, -0.2) is 39.3 Å². The van der Waals surface area contributed by atoms with Crippen molar-refractivity contribution >= 4 is 17.0 Å². The van der Waals surface area contributed by atoms with E-state index >= 15 is 0 Å². The molecule has 9 heteroatoms. The van der Waals surface area contributed by atoms with Crippen LogP contribution >= 0.6 is 0 Å². The number of aryl methyl sites for hydroxylation is 2. The van der Waals surface area contributed by atoms with Crippen LogP contribution in [0.15, 0.2) is 18.2 Å². The highest BCUT2D eigenvalue weighted by Crippen LogP contribution is 2.46. The van der Waals surface area contributed by atoms with Gasteiger partial charge in [-0.25, -0.2) is 15.0 Å². The Bertz CT molecular complexity index is 1110. The van der Waals surface area contributed by atoms with Gasteiger partial charge >= 0.3 is 6.61 Å². The molecule has 0 spiro atoms. The van der Waals surface area contributed by atoms with E-state index in [2.05, 4.69) is 20.0 Å². The summed E-state index contributed by atoms with van der Waals surface area (Å²) in [6.45, 7) is 0.835. The number of ether oxygens (including phenoxy) is 2. The summed E-state index contributed by atoms with van der Waals surface area (Å²) in [4.78, 5) is 14.1. The van der Waals surface area contributed by atoms with E-state index in [1.54, 1.807) is 6.07 Å². The molecule has 2 heterocycles. The van der Waals surface area contributed by atoms with Crippen molar-refractivity contribution in [1.29, 1.82) is 0 Å². The fourth-order valence-corrected chi connectivity index (χ4v) is 4.27. The number of nitrogens with zero attached hydrogens (tertiary/aromatic N) is 4. The molecule has 0 saturated heterocycles. The molecule has 2 aliphatic rings. The zero-order valence-electron chi connectivity index (χ0n) is 17.7. The van der Waals surface area contributed by atoms with Crippen LogP contribution in [0.1, 0.15) is 37.3 Å². The zero-order chi connectivity index (χ0) is 21.7. The second kappa shape index (κ2) is 7.62. The average Bonchev–Trinajstić information content (AvgIpc) is 3.63. The first-order valence-electron chi connectivity index (χ1n) is 10.6. The lowest BCUT2D eigenvalue weighted by Crippen LogP contribution is -2.25. The van der Waals surface area contributed by atoms with Gasteiger partial charge < -0.3 is 14.8 Å². The third kappa shape index (κ3) is 3.88. The molecule has 2 fully saturated rings. The number of imidazole rings is 1. The van der Waals surface area contributed by atoms with Crippen LogP contribution in [0.5, 0.6) is 11.5 Å². The van der Waals surface area contributed by atoms with Gasteiger partial charge in [-0.15, -0.1) is 0 Å². The summed E-state index contributed by atoms with van der Waals surface area (Å²) in [5.41, 5.74) is 2.00. The molecule has 1 aromatic carbocycles. The number of aromatic nitrogens is 4. The van der Waals surface area contributed by atoms with Crippen molar-refractivity contribution in [3.63, 3.8) is 0 Å². The lowest BCUT2D eigenvalue weighted by atomic mass is 10.1. The first-order valence-corrected chi connectivity index (χ1v) is 10.6. The monoisotopic (exact) mass is 429 g/mol. The van der Waals surface area contributed by atoms with E-state index < -0.39 is 6.61 Å². The Morgan fingerprint density at radius 3 is 2.39 bits per heavy atom. The summed E-state index contributed by atoms with van der Waals surface area (Å²) in [6.07, 6.45) is 5.05. The first-order chi connectivity index (χ1) is 14.9. The lowest BCUT2D eigenvalue weighted by Gasteiger charge is -2.19. The van der Waals surface area contributed by atoms with E-state index in [-0.39, 0.29) is 5.75 Å². The van der Waals surface area contributed by atoms with Crippen LogP contribution < -0.4 is 14.8 Å². The predicted octanol–water partition coefficient (Wildman–Crippen LogP) is 4.64. The number of nitrogens with one attached hydrogen (secondary N) is 1. The summed E-state index contributed by atoms with van der Waals surface area (Å²) in [7, 11) is 1.49. The summed E-state index contributed by atoms with van der Waals surface area (Å²) in [6, 6.07) is 5.03. The summed E-state index contributed by atoms with van der Waals surface area (Å²) in [5.74, 6) is 3.94. The third-order valence-electron chi connectivity index (χ3n) is 5.97. The molecule has 7 nitrogen and oxygen atoms in total. The fraction of sp³-hybridized carbons (Fsp3) is 0.500. The van der Waals surface area contributed by atoms with Crippen molar-refractivity contribution in [3.05, 3.63) is 29.8 Å². The van der Waals surface area contributed by atoms with Gasteiger partial charge in [0.2, 0.25) is 0 Å². The second-order valence-corrected chi connectivity index (χ2v) is 8.34. The molecule has 0 radical (unpaired) electrons. The fourth-order valence-electron chi connectivity index (χ4n) is 4.27. The number of rotatable bonds is 8. The SMILES string of the molecule is COc1cc(OC(F)F)ccc1-n1c(C)nc2c(NC(C3CC3)C3CC3)nc(C)nc21. The van der Waals surface area contributed by atoms with Crippen LogP contribution in [0.4, 0.5) is 14.6 Å². The predicted molar refractivity (Wildman–Crippen MR) is 112 cm³/mol. The topological polar surface area (TPSA) is 74.1 Å². The summed E-state index contributed by atoms with van der Waals surface area (Å²) >= 11 is 0. The van der Waals surface area contributed by atoms with Crippen molar-refractivity contribution < 1.29 is 18.3 Å². The molecule has 3 aromatic rings. The standard InChI is InChI=1S/C22H25F2N5O2/c1-11-25-20(28-18(13-4-5-13)14-6-7-14)19-21(26-11)29(12(2)27-19)16-9-8-15(31-22(23)24)10-17(16)30-3/h8-10,13-14,18,22H,4-7H2,1-3H3,(H,25,26,28). The highest BCUT2D eigenvalue weighted by Gasteiger charge is 2.42. The van der Waals surface area contributed by atoms with Gasteiger partial charge in [0.1, 0.15) is 23.1 Å². The second-order valence-electron chi connectivity index (χ2n) is 8.34. The van der Waals surface area contributed by atoms with Crippen molar-refractivity contribution in [2.24, 2.45) is 11.8 Å². The van der Waals surface area contributed by atoms with E-state index in [1.807, 2.05) is 18.4 Å². The van der Waals surface area contributed by atoms with Crippen molar-refractivity contribution in [3.8, 4) is 17.2 Å². The Hall–Kier alpha value is -2.97. The van der Waals surface area contributed by atoms with Crippen LogP contribution in [0.25, 0.3) is 16.9 Å². The van der Waals surface area contributed by atoms with Gasteiger partial charge in [0.25, 0.3) is 0 Å². The van der Waals surface area contributed by atoms with Gasteiger partial charge in [-0.2, -0.15) is 8.78 Å². The maximum atomic E-state index is 12.6. The average molecular weight is 429 g/mol. The molecule has 164 valence electrons. The number of alkyl halides is 2.